The molecule has 2 atom stereocenters. The highest BCUT2D eigenvalue weighted by molar-refractivity contribution is 7.17. The van der Waals surface area contributed by atoms with E-state index < -0.39 is 0 Å². The maximum absolute atomic E-state index is 13.1. The predicted octanol–water partition coefficient (Wildman–Crippen LogP) is 9.35. The van der Waals surface area contributed by atoms with Crippen LogP contribution in [0.15, 0.2) is 43.5 Å². The second-order valence-corrected chi connectivity index (χ2v) is 11.1. The van der Waals surface area contributed by atoms with E-state index in [1.807, 2.05) is 24.3 Å². The molecular weight excluding hydrogens is 460 g/mol. The van der Waals surface area contributed by atoms with Crippen molar-refractivity contribution in [1.29, 1.82) is 0 Å². The molecule has 1 aliphatic carbocycles. The van der Waals surface area contributed by atoms with Crippen LogP contribution in [0.25, 0.3) is 21.2 Å². The van der Waals surface area contributed by atoms with Crippen molar-refractivity contribution in [2.24, 2.45) is 11.8 Å². The maximum atomic E-state index is 13.1. The van der Waals surface area contributed by atoms with Crippen LogP contribution in [0.3, 0.4) is 0 Å². The fraction of sp³-hybridized carbons (Fsp3) is 0.394. The third-order valence-corrected chi connectivity index (χ3v) is 9.18. The van der Waals surface area contributed by atoms with Gasteiger partial charge in [-0.25, -0.2) is 0 Å². The van der Waals surface area contributed by atoms with Crippen molar-refractivity contribution in [3.8, 4) is 22.8 Å². The van der Waals surface area contributed by atoms with Crippen LogP contribution in [0.5, 0.6) is 0 Å². The topological polar surface area (TPSA) is 34.1 Å². The average Bonchev–Trinajstić information content (AvgIpc) is 3.05. The lowest BCUT2D eigenvalue weighted by Crippen LogP contribution is -2.03. The van der Waals surface area contributed by atoms with E-state index in [4.69, 9.17) is 6.42 Å². The highest BCUT2D eigenvalue weighted by Gasteiger charge is 2.20. The molecule has 1 heterocycles. The summed E-state index contributed by atoms with van der Waals surface area (Å²) in [5, 5.41) is 1.85. The van der Waals surface area contributed by atoms with Gasteiger partial charge < -0.3 is 0 Å². The highest BCUT2D eigenvalue weighted by Crippen LogP contribution is 2.38. The first kappa shape index (κ1) is 27.6. The first-order chi connectivity index (χ1) is 17.4. The number of ketones is 1. The maximum Gasteiger partial charge on any atom is 0.173 e. The molecule has 1 aliphatic rings. The summed E-state index contributed by atoms with van der Waals surface area (Å²) < 4.78 is 0. The van der Waals surface area contributed by atoms with Crippen molar-refractivity contribution >= 4 is 34.2 Å². The molecule has 1 fully saturated rings. The molecule has 0 radical (unpaired) electrons. The van der Waals surface area contributed by atoms with Crippen LogP contribution in [-0.2, 0) is 0 Å². The van der Waals surface area contributed by atoms with Gasteiger partial charge in [0, 0.05) is 22.4 Å². The van der Waals surface area contributed by atoms with E-state index in [0.717, 1.165) is 56.2 Å². The summed E-state index contributed by atoms with van der Waals surface area (Å²) in [6.45, 7) is 12.5. The van der Waals surface area contributed by atoms with Crippen LogP contribution in [0.2, 0.25) is 0 Å². The Kier molecular flexibility index (Phi) is 9.85. The molecule has 36 heavy (non-hydrogen) atoms. The Morgan fingerprint density at radius 1 is 1.11 bits per heavy atom. The van der Waals surface area contributed by atoms with E-state index >= 15 is 0 Å². The van der Waals surface area contributed by atoms with Crippen molar-refractivity contribution in [3.05, 3.63) is 70.6 Å². The van der Waals surface area contributed by atoms with Crippen molar-refractivity contribution in [3.63, 3.8) is 0 Å². The molecule has 0 N–H and O–H groups in total. The zero-order valence-corrected chi connectivity index (χ0v) is 22.8. The van der Waals surface area contributed by atoms with Crippen LogP contribution < -0.4 is 0 Å². The Labute approximate surface area is 220 Å². The Morgan fingerprint density at radius 2 is 1.89 bits per heavy atom. The standard InChI is InChI=1S/C31H34O2S.C2H4/c1-5-24-14-15-25-18-26(16-17-27(25)28(24)19-32)30-21(3)22(4)31(34-30)29(33)11-7-10-23-9-6-8-20(2)12-13-23;1-2/h1,14-20,23H,6-13H2,2-4H3;1-2H2. The summed E-state index contributed by atoms with van der Waals surface area (Å²) in [7, 11) is 0. The van der Waals surface area contributed by atoms with Crippen molar-refractivity contribution in [2.45, 2.75) is 72.1 Å². The Morgan fingerprint density at radius 3 is 2.61 bits per heavy atom. The summed E-state index contributed by atoms with van der Waals surface area (Å²) >= 11 is 1.61. The minimum atomic E-state index is 0.279. The van der Waals surface area contributed by atoms with Crippen LogP contribution in [0, 0.1) is 38.0 Å². The number of aldehydes is 1. The Hall–Kier alpha value is -2.96. The minimum Gasteiger partial charge on any atom is -0.298 e. The molecule has 3 heteroatoms. The lowest BCUT2D eigenvalue weighted by atomic mass is 9.93. The van der Waals surface area contributed by atoms with Gasteiger partial charge >= 0.3 is 0 Å². The molecule has 188 valence electrons. The van der Waals surface area contributed by atoms with E-state index in [1.54, 1.807) is 11.3 Å². The number of carbonyl (C=O) groups excluding carboxylic acids is 2. The quantitative estimate of drug-likeness (QED) is 0.107. The molecule has 2 aromatic carbocycles. The molecule has 2 unspecified atom stereocenters. The van der Waals surface area contributed by atoms with Gasteiger partial charge in [0.1, 0.15) is 0 Å². The first-order valence-electron chi connectivity index (χ1n) is 13.0. The van der Waals surface area contributed by atoms with Gasteiger partial charge in [-0.2, -0.15) is 0 Å². The van der Waals surface area contributed by atoms with E-state index in [2.05, 4.69) is 45.9 Å². The molecule has 0 spiro atoms. The van der Waals surface area contributed by atoms with Gasteiger partial charge in [0.2, 0.25) is 0 Å². The molecule has 1 saturated carbocycles. The Bertz CT molecular complexity index is 1270. The number of thiophene rings is 1. The second kappa shape index (κ2) is 12.8. The normalized spacial score (nSPS) is 17.5. The van der Waals surface area contributed by atoms with Crippen molar-refractivity contribution < 1.29 is 9.59 Å². The zero-order chi connectivity index (χ0) is 26.2. The average molecular weight is 499 g/mol. The molecule has 2 nitrogen and oxygen atoms in total. The number of rotatable bonds is 7. The molecule has 1 aromatic heterocycles. The zero-order valence-electron chi connectivity index (χ0n) is 22.0. The van der Waals surface area contributed by atoms with Crippen LogP contribution >= 0.6 is 11.3 Å². The number of fused-ring (bicyclic) bond motifs is 1. The number of hydrogen-bond acceptors (Lipinski definition) is 3. The summed E-state index contributed by atoms with van der Waals surface area (Å²) in [4.78, 5) is 26.8. The second-order valence-electron chi connectivity index (χ2n) is 10.0. The van der Waals surface area contributed by atoms with Crippen molar-refractivity contribution in [1.82, 2.24) is 0 Å². The van der Waals surface area contributed by atoms with E-state index in [1.165, 1.54) is 44.1 Å². The highest BCUT2D eigenvalue weighted by atomic mass is 32.1. The molecule has 0 bridgehead atoms. The number of benzene rings is 2. The van der Waals surface area contributed by atoms with Gasteiger partial charge in [0.15, 0.2) is 12.1 Å². The number of hydrogen-bond donors (Lipinski definition) is 0. The SMILES string of the molecule is C#Cc1ccc2cc(-c3sc(C(=O)CCCC4CCCC(C)CC4)c(C)c3C)ccc2c1C=O.C=C. The van der Waals surface area contributed by atoms with Crippen molar-refractivity contribution in [2.75, 3.05) is 0 Å². The molecule has 0 saturated heterocycles. The molecule has 3 aromatic rings. The smallest absolute Gasteiger partial charge is 0.173 e. The number of Topliss-reactive ketones (excluding diaryl/α,β-unsaturated/α-hetero) is 1. The summed E-state index contributed by atoms with van der Waals surface area (Å²) in [6.07, 6.45) is 15.9. The largest absolute Gasteiger partial charge is 0.298 e. The van der Waals surface area contributed by atoms with Gasteiger partial charge in [0.05, 0.1) is 4.88 Å². The number of carbonyl (C=O) groups is 2. The van der Waals surface area contributed by atoms with Crippen LogP contribution in [0.1, 0.15) is 95.0 Å². The predicted molar refractivity (Wildman–Crippen MR) is 155 cm³/mol. The third kappa shape index (κ3) is 6.05. The minimum absolute atomic E-state index is 0.279. The summed E-state index contributed by atoms with van der Waals surface area (Å²) in [5.41, 5.74) is 4.52. The monoisotopic (exact) mass is 498 g/mol. The summed E-state index contributed by atoms with van der Waals surface area (Å²) in [6, 6.07) is 9.90. The van der Waals surface area contributed by atoms with Gasteiger partial charge in [-0.1, -0.05) is 69.6 Å². The van der Waals surface area contributed by atoms with E-state index in [0.29, 0.717) is 17.5 Å². The lowest BCUT2D eigenvalue weighted by Gasteiger charge is -2.13. The number of terminal acetylenes is 1. The van der Waals surface area contributed by atoms with Gasteiger partial charge in [0.25, 0.3) is 0 Å². The van der Waals surface area contributed by atoms with E-state index in [-0.39, 0.29) is 5.78 Å². The van der Waals surface area contributed by atoms with Gasteiger partial charge in [-0.3, -0.25) is 9.59 Å². The lowest BCUT2D eigenvalue weighted by molar-refractivity contribution is 0.0980. The fourth-order valence-electron chi connectivity index (χ4n) is 5.40. The third-order valence-electron chi connectivity index (χ3n) is 7.69. The molecular formula is C33H38O2S. The fourth-order valence-corrected chi connectivity index (χ4v) is 6.68. The molecule has 0 amide bonds. The van der Waals surface area contributed by atoms with Crippen LogP contribution in [-0.4, -0.2) is 12.1 Å². The van der Waals surface area contributed by atoms with E-state index in [9.17, 15) is 9.59 Å². The summed E-state index contributed by atoms with van der Waals surface area (Å²) in [5.74, 6) is 4.53. The molecule has 0 aliphatic heterocycles. The van der Waals surface area contributed by atoms with Gasteiger partial charge in [-0.05, 0) is 71.7 Å². The molecule has 4 rings (SSSR count). The van der Waals surface area contributed by atoms with Crippen LogP contribution in [0.4, 0.5) is 0 Å². The first-order valence-corrected chi connectivity index (χ1v) is 13.9. The van der Waals surface area contributed by atoms with Gasteiger partial charge in [-0.15, -0.1) is 30.9 Å². The Balaban J connectivity index is 0.00000176.